The molecule has 0 bridgehead atoms. The van der Waals surface area contributed by atoms with Gasteiger partial charge < -0.3 is 9.30 Å². The van der Waals surface area contributed by atoms with Gasteiger partial charge in [-0.2, -0.15) is 0 Å². The number of aromatic nitrogens is 2. The summed E-state index contributed by atoms with van der Waals surface area (Å²) in [5, 5.41) is 0. The number of hydrogen-bond donors (Lipinski definition) is 0. The number of carbonyl (C=O) groups excluding carboxylic acids is 1. The molecule has 2 rings (SSSR count). The van der Waals surface area contributed by atoms with Crippen molar-refractivity contribution in [3.8, 4) is 0 Å². The second-order valence-electron chi connectivity index (χ2n) is 4.92. The van der Waals surface area contributed by atoms with E-state index in [1.54, 1.807) is 0 Å². The van der Waals surface area contributed by atoms with E-state index in [0.29, 0.717) is 12.4 Å². The number of aryl methyl sites for hydroxylation is 1. The van der Waals surface area contributed by atoms with Crippen LogP contribution in [0.25, 0.3) is 11.0 Å². The van der Waals surface area contributed by atoms with Gasteiger partial charge in [0.2, 0.25) is 5.82 Å². The summed E-state index contributed by atoms with van der Waals surface area (Å²) in [6.45, 7) is 5.48. The molecule has 108 valence electrons. The Morgan fingerprint density at radius 3 is 2.70 bits per heavy atom. The maximum Gasteiger partial charge on any atom is 0.374 e. The van der Waals surface area contributed by atoms with E-state index in [0.717, 1.165) is 43.3 Å². The van der Waals surface area contributed by atoms with Crippen molar-refractivity contribution in [3.63, 3.8) is 0 Å². The Kier molecular flexibility index (Phi) is 5.16. The Balaban J connectivity index is 2.28. The van der Waals surface area contributed by atoms with Gasteiger partial charge in [-0.3, -0.25) is 0 Å². The van der Waals surface area contributed by atoms with Crippen molar-refractivity contribution in [2.45, 2.75) is 46.1 Å². The van der Waals surface area contributed by atoms with Crippen molar-refractivity contribution in [1.29, 1.82) is 0 Å². The lowest BCUT2D eigenvalue weighted by Gasteiger charge is -2.08. The number of para-hydroxylation sites is 2. The molecule has 1 aromatic heterocycles. The van der Waals surface area contributed by atoms with Gasteiger partial charge in [-0.05, 0) is 25.0 Å². The summed E-state index contributed by atoms with van der Waals surface area (Å²) in [5.74, 6) is 0.113. The number of rotatable bonds is 7. The van der Waals surface area contributed by atoms with Crippen molar-refractivity contribution in [1.82, 2.24) is 9.55 Å². The zero-order chi connectivity index (χ0) is 14.4. The quantitative estimate of drug-likeness (QED) is 0.570. The number of hydrogen-bond acceptors (Lipinski definition) is 3. The first-order chi connectivity index (χ1) is 9.77. The first-order valence-electron chi connectivity index (χ1n) is 7.40. The SMILES string of the molecule is CCCCOC(=O)c1nc2ccccc2n1CCCC. The largest absolute Gasteiger partial charge is 0.460 e. The van der Waals surface area contributed by atoms with Crippen LogP contribution in [0.2, 0.25) is 0 Å². The average molecular weight is 274 g/mol. The molecule has 0 aliphatic carbocycles. The molecule has 0 aliphatic heterocycles. The Bertz CT molecular complexity index is 575. The van der Waals surface area contributed by atoms with E-state index >= 15 is 0 Å². The normalized spacial score (nSPS) is 10.9. The highest BCUT2D eigenvalue weighted by atomic mass is 16.5. The molecule has 0 N–H and O–H groups in total. The maximum atomic E-state index is 12.2. The summed E-state index contributed by atoms with van der Waals surface area (Å²) in [5.41, 5.74) is 1.86. The zero-order valence-corrected chi connectivity index (χ0v) is 12.3. The van der Waals surface area contributed by atoms with Crippen molar-refractivity contribution >= 4 is 17.0 Å². The fraction of sp³-hybridized carbons (Fsp3) is 0.500. The zero-order valence-electron chi connectivity index (χ0n) is 12.3. The minimum atomic E-state index is -0.314. The van der Waals surface area contributed by atoms with Gasteiger partial charge >= 0.3 is 5.97 Å². The summed E-state index contributed by atoms with van der Waals surface area (Å²) in [7, 11) is 0. The highest BCUT2D eigenvalue weighted by molar-refractivity contribution is 5.91. The topological polar surface area (TPSA) is 44.1 Å². The smallest absolute Gasteiger partial charge is 0.374 e. The van der Waals surface area contributed by atoms with Crippen LogP contribution in [0.3, 0.4) is 0 Å². The summed E-state index contributed by atoms with van der Waals surface area (Å²) < 4.78 is 7.28. The molecule has 0 saturated carbocycles. The number of benzene rings is 1. The molecule has 0 fully saturated rings. The van der Waals surface area contributed by atoms with Crippen LogP contribution >= 0.6 is 0 Å². The van der Waals surface area contributed by atoms with Gasteiger partial charge in [-0.15, -0.1) is 0 Å². The third-order valence-electron chi connectivity index (χ3n) is 3.30. The van der Waals surface area contributed by atoms with Gasteiger partial charge in [0, 0.05) is 6.54 Å². The number of fused-ring (bicyclic) bond motifs is 1. The first kappa shape index (κ1) is 14.6. The van der Waals surface area contributed by atoms with Gasteiger partial charge in [-0.1, -0.05) is 38.8 Å². The second-order valence-corrected chi connectivity index (χ2v) is 4.92. The van der Waals surface area contributed by atoms with E-state index < -0.39 is 0 Å². The molecule has 4 heteroatoms. The third kappa shape index (κ3) is 3.18. The lowest BCUT2D eigenvalue weighted by atomic mass is 10.3. The van der Waals surface area contributed by atoms with Gasteiger partial charge in [0.05, 0.1) is 17.6 Å². The van der Waals surface area contributed by atoms with Crippen LogP contribution < -0.4 is 0 Å². The standard InChI is InChI=1S/C16H22N2O2/c1-3-5-11-18-14-10-8-7-9-13(14)17-15(18)16(19)20-12-6-4-2/h7-10H,3-6,11-12H2,1-2H3. The van der Waals surface area contributed by atoms with E-state index in [1.807, 2.05) is 28.8 Å². The Hall–Kier alpha value is -1.84. The number of imidazole rings is 1. The molecular weight excluding hydrogens is 252 g/mol. The molecule has 2 aromatic rings. The van der Waals surface area contributed by atoms with Crippen LogP contribution in [-0.4, -0.2) is 22.1 Å². The lowest BCUT2D eigenvalue weighted by molar-refractivity contribution is 0.0480. The predicted molar refractivity (Wildman–Crippen MR) is 79.8 cm³/mol. The maximum absolute atomic E-state index is 12.2. The number of esters is 1. The molecule has 1 aromatic carbocycles. The number of ether oxygens (including phenoxy) is 1. The fourth-order valence-electron chi connectivity index (χ4n) is 2.15. The van der Waals surface area contributed by atoms with Crippen molar-refractivity contribution in [3.05, 3.63) is 30.1 Å². The first-order valence-corrected chi connectivity index (χ1v) is 7.40. The Morgan fingerprint density at radius 2 is 1.95 bits per heavy atom. The fourth-order valence-corrected chi connectivity index (χ4v) is 2.15. The summed E-state index contributed by atoms with van der Waals surface area (Å²) in [4.78, 5) is 16.6. The molecule has 1 heterocycles. The Labute approximate surface area is 119 Å². The van der Waals surface area contributed by atoms with E-state index in [2.05, 4.69) is 18.8 Å². The highest BCUT2D eigenvalue weighted by Crippen LogP contribution is 2.17. The molecule has 0 aliphatic rings. The Morgan fingerprint density at radius 1 is 1.20 bits per heavy atom. The van der Waals surface area contributed by atoms with Crippen molar-refractivity contribution in [2.24, 2.45) is 0 Å². The van der Waals surface area contributed by atoms with Gasteiger partial charge in [0.25, 0.3) is 0 Å². The van der Waals surface area contributed by atoms with Crippen molar-refractivity contribution < 1.29 is 9.53 Å². The number of unbranched alkanes of at least 4 members (excludes halogenated alkanes) is 2. The van der Waals surface area contributed by atoms with Crippen LogP contribution in [0.1, 0.15) is 50.1 Å². The van der Waals surface area contributed by atoms with E-state index in [1.165, 1.54) is 0 Å². The molecule has 0 amide bonds. The molecular formula is C16H22N2O2. The summed E-state index contributed by atoms with van der Waals surface area (Å²) in [6.07, 6.45) is 4.01. The van der Waals surface area contributed by atoms with E-state index in [4.69, 9.17) is 4.74 Å². The minimum Gasteiger partial charge on any atom is -0.460 e. The van der Waals surface area contributed by atoms with E-state index in [-0.39, 0.29) is 5.97 Å². The molecule has 0 atom stereocenters. The highest BCUT2D eigenvalue weighted by Gasteiger charge is 2.18. The molecule has 0 unspecified atom stereocenters. The second kappa shape index (κ2) is 7.08. The lowest BCUT2D eigenvalue weighted by Crippen LogP contribution is -2.14. The summed E-state index contributed by atoms with van der Waals surface area (Å²) in [6, 6.07) is 7.84. The van der Waals surface area contributed by atoms with Gasteiger partial charge in [-0.25, -0.2) is 9.78 Å². The van der Waals surface area contributed by atoms with E-state index in [9.17, 15) is 4.79 Å². The number of carbonyl (C=O) groups is 1. The van der Waals surface area contributed by atoms with Gasteiger partial charge in [0.1, 0.15) is 0 Å². The van der Waals surface area contributed by atoms with Gasteiger partial charge in [0.15, 0.2) is 0 Å². The van der Waals surface area contributed by atoms with Crippen LogP contribution in [0.15, 0.2) is 24.3 Å². The predicted octanol–water partition coefficient (Wildman–Crippen LogP) is 3.79. The average Bonchev–Trinajstić information content (AvgIpc) is 2.84. The molecule has 20 heavy (non-hydrogen) atoms. The van der Waals surface area contributed by atoms with Crippen molar-refractivity contribution in [2.75, 3.05) is 6.61 Å². The van der Waals surface area contributed by atoms with Crippen LogP contribution in [0, 0.1) is 0 Å². The van der Waals surface area contributed by atoms with Crippen LogP contribution in [-0.2, 0) is 11.3 Å². The molecule has 4 nitrogen and oxygen atoms in total. The molecule has 0 radical (unpaired) electrons. The third-order valence-corrected chi connectivity index (χ3v) is 3.30. The minimum absolute atomic E-state index is 0.314. The monoisotopic (exact) mass is 274 g/mol. The number of nitrogens with zero attached hydrogens (tertiary/aromatic N) is 2. The summed E-state index contributed by atoms with van der Waals surface area (Å²) >= 11 is 0. The van der Waals surface area contributed by atoms with Crippen LogP contribution in [0.4, 0.5) is 0 Å². The molecule has 0 spiro atoms. The molecule has 0 saturated heterocycles. The van der Waals surface area contributed by atoms with Crippen LogP contribution in [0.5, 0.6) is 0 Å².